The van der Waals surface area contributed by atoms with Crippen LogP contribution in [0.2, 0.25) is 0 Å². The molecule has 0 aromatic rings. The number of amides is 1. The molecule has 0 aromatic carbocycles. The van der Waals surface area contributed by atoms with E-state index in [1.807, 2.05) is 25.7 Å². The van der Waals surface area contributed by atoms with E-state index < -0.39 is 5.60 Å². The first-order valence-electron chi connectivity index (χ1n) is 17.2. The van der Waals surface area contributed by atoms with Crippen molar-refractivity contribution in [2.45, 2.75) is 122 Å². The highest BCUT2D eigenvalue weighted by Gasteiger charge is 2.54. The Bertz CT molecular complexity index is 1030. The number of carbonyl (C=O) groups excluding carboxylic acids is 1. The molecule has 6 aliphatic rings. The predicted molar refractivity (Wildman–Crippen MR) is 164 cm³/mol. The van der Waals surface area contributed by atoms with Gasteiger partial charge < -0.3 is 23.8 Å². The molecule has 2 aliphatic heterocycles. The average Bonchev–Trinajstić information content (AvgIpc) is 3.55. The van der Waals surface area contributed by atoms with Crippen molar-refractivity contribution in [1.82, 2.24) is 9.80 Å². The molecule has 6 rings (SSSR count). The van der Waals surface area contributed by atoms with Crippen LogP contribution in [0.1, 0.15) is 105 Å². The number of hydrogen-bond acceptors (Lipinski definition) is 6. The lowest BCUT2D eigenvalue weighted by molar-refractivity contribution is -0.164. The fourth-order valence-electron chi connectivity index (χ4n) is 9.02. The van der Waals surface area contributed by atoms with E-state index in [0.717, 1.165) is 90.1 Å². The van der Waals surface area contributed by atoms with Crippen LogP contribution in [0.25, 0.3) is 0 Å². The van der Waals surface area contributed by atoms with Gasteiger partial charge in [-0.05, 0) is 102 Å². The van der Waals surface area contributed by atoms with Gasteiger partial charge in [-0.1, -0.05) is 31.4 Å². The number of unbranched alkanes of at least 4 members (excludes halogenated alkanes) is 3. The number of piperazine rings is 1. The van der Waals surface area contributed by atoms with E-state index in [1.165, 1.54) is 51.4 Å². The van der Waals surface area contributed by atoms with E-state index in [-0.39, 0.29) is 11.9 Å². The molecule has 0 radical (unpaired) electrons. The summed E-state index contributed by atoms with van der Waals surface area (Å²) in [5, 5.41) is 0. The summed E-state index contributed by atoms with van der Waals surface area (Å²) < 4.78 is 24.3. The van der Waals surface area contributed by atoms with E-state index in [4.69, 9.17) is 18.9 Å². The van der Waals surface area contributed by atoms with Gasteiger partial charge in [0.1, 0.15) is 5.60 Å². The lowest BCUT2D eigenvalue weighted by Gasteiger charge is -2.48. The van der Waals surface area contributed by atoms with Crippen LogP contribution in [0.15, 0.2) is 22.8 Å². The number of hydrogen-bond donors (Lipinski definition) is 0. The molecular weight excluding hydrogens is 528 g/mol. The molecule has 7 heteroatoms. The highest BCUT2D eigenvalue weighted by Crippen LogP contribution is 2.60. The molecule has 1 spiro atoms. The molecule has 1 amide bonds. The summed E-state index contributed by atoms with van der Waals surface area (Å²) in [4.78, 5) is 16.6. The lowest BCUT2D eigenvalue weighted by atomic mass is 9.58. The predicted octanol–water partition coefficient (Wildman–Crippen LogP) is 6.86. The Morgan fingerprint density at radius 2 is 1.76 bits per heavy atom. The van der Waals surface area contributed by atoms with Crippen LogP contribution in [-0.2, 0) is 18.9 Å². The van der Waals surface area contributed by atoms with Crippen LogP contribution >= 0.6 is 0 Å². The van der Waals surface area contributed by atoms with Crippen molar-refractivity contribution in [3.8, 4) is 0 Å². The maximum atomic E-state index is 12.3. The first-order chi connectivity index (χ1) is 20.2. The minimum absolute atomic E-state index is 0.174. The second kappa shape index (κ2) is 12.5. The highest BCUT2D eigenvalue weighted by atomic mass is 16.7. The Labute approximate surface area is 254 Å². The lowest BCUT2D eigenvalue weighted by Crippen LogP contribution is -2.50. The van der Waals surface area contributed by atoms with Crippen LogP contribution < -0.4 is 0 Å². The zero-order chi connectivity index (χ0) is 29.4. The van der Waals surface area contributed by atoms with Gasteiger partial charge in [0.05, 0.1) is 19.3 Å². The third-order valence-corrected chi connectivity index (χ3v) is 11.3. The number of carbonyl (C=O) groups is 1. The molecule has 7 nitrogen and oxygen atoms in total. The zero-order valence-corrected chi connectivity index (χ0v) is 26.9. The number of ether oxygens (including phenoxy) is 4. The Balaban J connectivity index is 0.895. The molecule has 0 bridgehead atoms. The summed E-state index contributed by atoms with van der Waals surface area (Å²) in [6, 6.07) is 0. The van der Waals surface area contributed by atoms with E-state index in [2.05, 4.69) is 17.9 Å². The van der Waals surface area contributed by atoms with Crippen LogP contribution in [0.4, 0.5) is 4.79 Å². The summed E-state index contributed by atoms with van der Waals surface area (Å²) >= 11 is 0. The van der Waals surface area contributed by atoms with Gasteiger partial charge in [-0.25, -0.2) is 4.79 Å². The number of rotatable bonds is 8. The number of allylic oxidation sites excluding steroid dienone is 3. The third-order valence-electron chi connectivity index (χ3n) is 11.3. The van der Waals surface area contributed by atoms with Gasteiger partial charge >= 0.3 is 6.09 Å². The van der Waals surface area contributed by atoms with E-state index in [0.29, 0.717) is 11.5 Å². The first kappa shape index (κ1) is 30.6. The molecule has 2 saturated heterocycles. The Morgan fingerprint density at radius 1 is 1.00 bits per heavy atom. The SMILES string of the molecule is CC(C)(C)OC(=O)N1CCN(CCCCCCO[C@H]2CC[C@H]3[C@@H]4CCC5=C(CCC6(C5)OCCO6)C4=CC[C@]23C)CC1. The molecule has 0 N–H and O–H groups in total. The van der Waals surface area contributed by atoms with Gasteiger partial charge in [-0.2, -0.15) is 0 Å². The van der Waals surface area contributed by atoms with E-state index >= 15 is 0 Å². The molecule has 2 heterocycles. The summed E-state index contributed by atoms with van der Waals surface area (Å²) in [6.45, 7) is 15.3. The van der Waals surface area contributed by atoms with Crippen molar-refractivity contribution < 1.29 is 23.7 Å². The zero-order valence-electron chi connectivity index (χ0n) is 26.9. The fraction of sp³-hybridized carbons (Fsp3) is 0.857. The van der Waals surface area contributed by atoms with Crippen molar-refractivity contribution in [3.63, 3.8) is 0 Å². The summed E-state index contributed by atoms with van der Waals surface area (Å²) in [7, 11) is 0. The van der Waals surface area contributed by atoms with Gasteiger partial charge in [0.25, 0.3) is 0 Å². The molecule has 42 heavy (non-hydrogen) atoms. The summed E-state index contributed by atoms with van der Waals surface area (Å²) in [6.07, 6.45) is 17.1. The average molecular weight is 585 g/mol. The largest absolute Gasteiger partial charge is 0.444 e. The van der Waals surface area contributed by atoms with Crippen molar-refractivity contribution >= 4 is 6.09 Å². The Morgan fingerprint density at radius 3 is 2.52 bits per heavy atom. The number of nitrogens with zero attached hydrogens (tertiary/aromatic N) is 2. The summed E-state index contributed by atoms with van der Waals surface area (Å²) in [5.74, 6) is 1.18. The maximum absolute atomic E-state index is 12.3. The van der Waals surface area contributed by atoms with Crippen molar-refractivity contribution in [2.24, 2.45) is 17.3 Å². The van der Waals surface area contributed by atoms with Crippen LogP contribution in [0, 0.1) is 17.3 Å². The minimum Gasteiger partial charge on any atom is -0.444 e. The van der Waals surface area contributed by atoms with Crippen LogP contribution in [0.5, 0.6) is 0 Å². The quantitative estimate of drug-likeness (QED) is 0.291. The smallest absolute Gasteiger partial charge is 0.410 e. The second-order valence-electron chi connectivity index (χ2n) is 15.1. The fourth-order valence-corrected chi connectivity index (χ4v) is 9.02. The maximum Gasteiger partial charge on any atom is 0.410 e. The highest BCUT2D eigenvalue weighted by molar-refractivity contribution is 5.68. The van der Waals surface area contributed by atoms with Crippen LogP contribution in [-0.4, -0.2) is 85.9 Å². The van der Waals surface area contributed by atoms with Gasteiger partial charge in [0, 0.05) is 51.0 Å². The van der Waals surface area contributed by atoms with E-state index in [1.54, 1.807) is 16.7 Å². The normalized spacial score (nSPS) is 32.9. The first-order valence-corrected chi connectivity index (χ1v) is 17.2. The van der Waals surface area contributed by atoms with Gasteiger partial charge in [-0.3, -0.25) is 4.90 Å². The molecule has 236 valence electrons. The third kappa shape index (κ3) is 6.50. The van der Waals surface area contributed by atoms with Crippen molar-refractivity contribution in [1.29, 1.82) is 0 Å². The van der Waals surface area contributed by atoms with Gasteiger partial charge in [-0.15, -0.1) is 0 Å². The molecule has 0 unspecified atom stereocenters. The molecule has 4 atom stereocenters. The monoisotopic (exact) mass is 584 g/mol. The van der Waals surface area contributed by atoms with E-state index in [9.17, 15) is 4.79 Å². The van der Waals surface area contributed by atoms with Crippen molar-refractivity contribution in [2.75, 3.05) is 52.5 Å². The summed E-state index contributed by atoms with van der Waals surface area (Å²) in [5.41, 5.74) is 4.86. The molecular formula is C35H56N2O5. The van der Waals surface area contributed by atoms with Crippen LogP contribution in [0.3, 0.4) is 0 Å². The molecule has 0 aromatic heterocycles. The van der Waals surface area contributed by atoms with Crippen molar-refractivity contribution in [3.05, 3.63) is 22.8 Å². The Kier molecular flexibility index (Phi) is 9.13. The molecule has 3 fully saturated rings. The number of fused-ring (bicyclic) bond motifs is 4. The second-order valence-corrected chi connectivity index (χ2v) is 15.1. The standard InChI is InChI=1S/C35H56N2O5/c1-33(2,3)42-32(38)37-20-18-36(19-21-37)17-7-5-6-8-22-39-31-12-11-30-29-10-9-26-25-35(40-23-24-41-35)16-14-27(26)28(29)13-15-34(30,31)4/h13,29-31H,5-12,14-25H2,1-4H3/t29-,30+,31+,34+/m1/s1. The minimum atomic E-state index is -0.426. The molecule has 1 saturated carbocycles. The molecule has 4 aliphatic carbocycles. The Hall–Kier alpha value is -1.41. The van der Waals surface area contributed by atoms with Gasteiger partial charge in [0.2, 0.25) is 0 Å². The van der Waals surface area contributed by atoms with Gasteiger partial charge in [0.15, 0.2) is 5.79 Å². The topological polar surface area (TPSA) is 60.5 Å².